The maximum Gasteiger partial charge on any atom is 0.150 e. The van der Waals surface area contributed by atoms with Crippen LogP contribution >= 0.6 is 38.5 Å². The Morgan fingerprint density at radius 1 is 1.06 bits per heavy atom. The van der Waals surface area contributed by atoms with Crippen molar-refractivity contribution in [2.75, 3.05) is 0 Å². The van der Waals surface area contributed by atoms with Gasteiger partial charge in [-0.05, 0) is 64.0 Å². The van der Waals surface area contributed by atoms with Gasteiger partial charge in [0.2, 0.25) is 0 Å². The van der Waals surface area contributed by atoms with Crippen molar-refractivity contribution < 1.29 is 4.79 Å². The van der Waals surface area contributed by atoms with Crippen molar-refractivity contribution in [3.8, 4) is 11.1 Å². The molecule has 3 heteroatoms. The van der Waals surface area contributed by atoms with Gasteiger partial charge in [-0.3, -0.25) is 4.79 Å². The van der Waals surface area contributed by atoms with Gasteiger partial charge in [-0.15, -0.1) is 0 Å². The van der Waals surface area contributed by atoms with Gasteiger partial charge < -0.3 is 0 Å². The molecule has 0 aromatic heterocycles. The topological polar surface area (TPSA) is 17.1 Å². The van der Waals surface area contributed by atoms with Gasteiger partial charge in [0, 0.05) is 13.6 Å². The van der Waals surface area contributed by atoms with E-state index in [0.717, 1.165) is 25.5 Å². The van der Waals surface area contributed by atoms with Crippen LogP contribution in [0.3, 0.4) is 0 Å². The van der Waals surface area contributed by atoms with E-state index < -0.39 is 0 Å². The minimum Gasteiger partial charge on any atom is -0.298 e. The van der Waals surface area contributed by atoms with Gasteiger partial charge in [-0.25, -0.2) is 0 Å². The summed E-state index contributed by atoms with van der Waals surface area (Å²) >= 11 is 5.66. The minimum atomic E-state index is 0.710. The summed E-state index contributed by atoms with van der Waals surface area (Å²) in [6.45, 7) is 0. The van der Waals surface area contributed by atoms with Crippen molar-refractivity contribution in [3.63, 3.8) is 0 Å². The van der Waals surface area contributed by atoms with Crippen LogP contribution < -0.4 is 0 Å². The zero-order valence-electron chi connectivity index (χ0n) is 8.28. The SMILES string of the molecule is O=Cc1cc(I)cc(-c2cccc(Br)c2)c1. The summed E-state index contributed by atoms with van der Waals surface area (Å²) in [5.41, 5.74) is 2.88. The van der Waals surface area contributed by atoms with Crippen LogP contribution in [0.4, 0.5) is 0 Å². The average molecular weight is 387 g/mol. The summed E-state index contributed by atoms with van der Waals surface area (Å²) in [6.07, 6.45) is 0.879. The smallest absolute Gasteiger partial charge is 0.150 e. The molecule has 80 valence electrons. The molecule has 0 amide bonds. The molecule has 0 fully saturated rings. The van der Waals surface area contributed by atoms with Crippen LogP contribution in [0.1, 0.15) is 10.4 Å². The number of halogens is 2. The summed E-state index contributed by atoms with van der Waals surface area (Å²) in [6, 6.07) is 13.9. The molecule has 0 unspecified atom stereocenters. The predicted octanol–water partition coefficient (Wildman–Crippen LogP) is 4.53. The van der Waals surface area contributed by atoms with Crippen molar-refractivity contribution in [3.05, 3.63) is 56.1 Å². The fourth-order valence-electron chi connectivity index (χ4n) is 1.52. The molecular formula is C13H8BrIO. The van der Waals surface area contributed by atoms with Crippen LogP contribution in [0.2, 0.25) is 0 Å². The lowest BCUT2D eigenvalue weighted by Crippen LogP contribution is -1.85. The van der Waals surface area contributed by atoms with Crippen molar-refractivity contribution in [2.45, 2.75) is 0 Å². The molecule has 2 aromatic carbocycles. The summed E-state index contributed by atoms with van der Waals surface area (Å²) < 4.78 is 2.11. The Kier molecular flexibility index (Phi) is 3.76. The molecule has 0 atom stereocenters. The number of hydrogen-bond donors (Lipinski definition) is 0. The van der Waals surface area contributed by atoms with Crippen LogP contribution in [0.15, 0.2) is 46.9 Å². The number of rotatable bonds is 2. The zero-order chi connectivity index (χ0) is 11.5. The van der Waals surface area contributed by atoms with E-state index in [1.165, 1.54) is 0 Å². The molecule has 2 rings (SSSR count). The third-order valence-corrected chi connectivity index (χ3v) is 3.33. The average Bonchev–Trinajstić information content (AvgIpc) is 2.28. The fraction of sp³-hybridized carbons (Fsp3) is 0. The number of carbonyl (C=O) groups is 1. The van der Waals surface area contributed by atoms with E-state index in [2.05, 4.69) is 44.6 Å². The Morgan fingerprint density at radius 3 is 2.56 bits per heavy atom. The van der Waals surface area contributed by atoms with Gasteiger partial charge >= 0.3 is 0 Å². The van der Waals surface area contributed by atoms with Crippen LogP contribution in [0, 0.1) is 3.57 Å². The van der Waals surface area contributed by atoms with Gasteiger partial charge in [0.1, 0.15) is 6.29 Å². The summed E-state index contributed by atoms with van der Waals surface area (Å²) in [7, 11) is 0. The Morgan fingerprint density at radius 2 is 1.88 bits per heavy atom. The summed E-state index contributed by atoms with van der Waals surface area (Å²) in [5.74, 6) is 0. The zero-order valence-corrected chi connectivity index (χ0v) is 12.0. The lowest BCUT2D eigenvalue weighted by molar-refractivity contribution is 0.112. The third-order valence-electron chi connectivity index (χ3n) is 2.21. The van der Waals surface area contributed by atoms with Crippen LogP contribution in [0.25, 0.3) is 11.1 Å². The van der Waals surface area contributed by atoms with E-state index in [0.29, 0.717) is 5.56 Å². The molecule has 16 heavy (non-hydrogen) atoms. The maximum absolute atomic E-state index is 10.8. The number of benzene rings is 2. The second-order valence-electron chi connectivity index (χ2n) is 3.40. The standard InChI is InChI=1S/C13H8BrIO/c14-12-3-1-2-10(6-12)11-4-9(8-16)5-13(15)7-11/h1-8H. The van der Waals surface area contributed by atoms with E-state index in [1.807, 2.05) is 36.4 Å². The van der Waals surface area contributed by atoms with E-state index >= 15 is 0 Å². The molecule has 0 radical (unpaired) electrons. The van der Waals surface area contributed by atoms with Gasteiger partial charge in [-0.2, -0.15) is 0 Å². The quantitative estimate of drug-likeness (QED) is 0.547. The monoisotopic (exact) mass is 386 g/mol. The molecule has 0 heterocycles. The first-order chi connectivity index (χ1) is 7.69. The summed E-state index contributed by atoms with van der Waals surface area (Å²) in [5, 5.41) is 0. The third kappa shape index (κ3) is 2.71. The molecular weight excluding hydrogens is 379 g/mol. The first-order valence-corrected chi connectivity index (χ1v) is 6.58. The highest BCUT2D eigenvalue weighted by Gasteiger charge is 2.02. The predicted molar refractivity (Wildman–Crippen MR) is 77.7 cm³/mol. The molecule has 0 aliphatic carbocycles. The van der Waals surface area contributed by atoms with Gasteiger partial charge in [0.15, 0.2) is 0 Å². The van der Waals surface area contributed by atoms with Crippen molar-refractivity contribution in [1.29, 1.82) is 0 Å². The van der Waals surface area contributed by atoms with E-state index in [9.17, 15) is 4.79 Å². The molecule has 0 saturated carbocycles. The van der Waals surface area contributed by atoms with Crippen molar-refractivity contribution in [1.82, 2.24) is 0 Å². The highest BCUT2D eigenvalue weighted by molar-refractivity contribution is 14.1. The Hall–Kier alpha value is -0.680. The normalized spacial score (nSPS) is 10.1. The lowest BCUT2D eigenvalue weighted by atomic mass is 10.0. The van der Waals surface area contributed by atoms with E-state index in [4.69, 9.17) is 0 Å². The van der Waals surface area contributed by atoms with Crippen LogP contribution in [0.5, 0.6) is 0 Å². The number of aldehydes is 1. The lowest BCUT2D eigenvalue weighted by Gasteiger charge is -2.04. The van der Waals surface area contributed by atoms with E-state index in [-0.39, 0.29) is 0 Å². The van der Waals surface area contributed by atoms with Gasteiger partial charge in [0.25, 0.3) is 0 Å². The first kappa shape index (κ1) is 11.8. The largest absolute Gasteiger partial charge is 0.298 e. The Labute approximate surface area is 116 Å². The molecule has 0 saturated heterocycles. The molecule has 0 spiro atoms. The molecule has 1 nitrogen and oxygen atoms in total. The molecule has 0 aliphatic heterocycles. The summed E-state index contributed by atoms with van der Waals surface area (Å²) in [4.78, 5) is 10.8. The number of hydrogen-bond acceptors (Lipinski definition) is 1. The minimum absolute atomic E-state index is 0.710. The maximum atomic E-state index is 10.8. The Bertz CT molecular complexity index is 537. The highest BCUT2D eigenvalue weighted by Crippen LogP contribution is 2.25. The second kappa shape index (κ2) is 5.10. The highest BCUT2D eigenvalue weighted by atomic mass is 127. The van der Waals surface area contributed by atoms with Crippen LogP contribution in [-0.2, 0) is 0 Å². The van der Waals surface area contributed by atoms with Gasteiger partial charge in [-0.1, -0.05) is 28.1 Å². The first-order valence-electron chi connectivity index (χ1n) is 4.71. The van der Waals surface area contributed by atoms with Crippen LogP contribution in [-0.4, -0.2) is 6.29 Å². The molecule has 0 aliphatic rings. The van der Waals surface area contributed by atoms with Gasteiger partial charge in [0.05, 0.1) is 0 Å². The molecule has 0 bridgehead atoms. The van der Waals surface area contributed by atoms with Crippen molar-refractivity contribution in [2.24, 2.45) is 0 Å². The second-order valence-corrected chi connectivity index (χ2v) is 5.56. The Balaban J connectivity index is 2.55. The molecule has 2 aromatic rings. The van der Waals surface area contributed by atoms with Crippen molar-refractivity contribution >= 4 is 44.8 Å². The molecule has 0 N–H and O–H groups in total. The fourth-order valence-corrected chi connectivity index (χ4v) is 2.61. The van der Waals surface area contributed by atoms with E-state index in [1.54, 1.807) is 0 Å². The number of carbonyl (C=O) groups excluding carboxylic acids is 1.